The molecule has 0 saturated carbocycles. The predicted octanol–water partition coefficient (Wildman–Crippen LogP) is 15.9. The summed E-state index contributed by atoms with van der Waals surface area (Å²) in [7, 11) is 0. The highest BCUT2D eigenvalue weighted by atomic mass is 15.0. The van der Waals surface area contributed by atoms with Gasteiger partial charge in [-0.25, -0.2) is 0 Å². The predicted molar refractivity (Wildman–Crippen MR) is 262 cm³/mol. The van der Waals surface area contributed by atoms with Crippen LogP contribution in [-0.4, -0.2) is 13.5 Å². The van der Waals surface area contributed by atoms with E-state index in [1.807, 2.05) is 0 Å². The summed E-state index contributed by atoms with van der Waals surface area (Å²) >= 11 is 0. The van der Waals surface area contributed by atoms with Gasteiger partial charge in [-0.1, -0.05) is 157 Å². The standard InChI is InChI=1S/C58H45N3/c1-57(2,3)36-26-28-48-44(32-36)40-20-11-13-24-46(40)59(48)55-38-18-9-7-16-34(38)30-50-52(55)42-22-15-23-43-53-51(61(50)54(42)43)31-35-17-8-10-19-39(35)56(53)60-47-25-14-12-21-41(47)45-33-37(58(4,5)6)27-29-49(45)60/h7-33H,1-6H3. The molecule has 13 rings (SSSR count). The van der Waals surface area contributed by atoms with Gasteiger partial charge in [0.1, 0.15) is 0 Å². The van der Waals surface area contributed by atoms with Gasteiger partial charge in [0.05, 0.1) is 50.0 Å². The first kappa shape index (κ1) is 34.7. The third-order valence-electron chi connectivity index (χ3n) is 13.8. The van der Waals surface area contributed by atoms with Gasteiger partial charge in [-0.15, -0.1) is 0 Å². The fourth-order valence-electron chi connectivity index (χ4n) is 10.9. The number of nitrogens with zero attached hydrogens (tertiary/aromatic N) is 3. The van der Waals surface area contributed by atoms with Crippen LogP contribution in [0.15, 0.2) is 164 Å². The summed E-state index contributed by atoms with van der Waals surface area (Å²) in [5.74, 6) is 0. The van der Waals surface area contributed by atoms with Crippen LogP contribution < -0.4 is 0 Å². The Balaban J connectivity index is 1.23. The van der Waals surface area contributed by atoms with Crippen LogP contribution in [0, 0.1) is 0 Å². The molecule has 0 aliphatic heterocycles. The summed E-state index contributed by atoms with van der Waals surface area (Å²) in [6, 6.07) is 62.1. The van der Waals surface area contributed by atoms with Crippen LogP contribution in [0.4, 0.5) is 0 Å². The zero-order valence-electron chi connectivity index (χ0n) is 35.4. The van der Waals surface area contributed by atoms with E-state index in [0.717, 1.165) is 0 Å². The molecular formula is C58H45N3. The molecule has 0 unspecified atom stereocenters. The van der Waals surface area contributed by atoms with Gasteiger partial charge in [-0.2, -0.15) is 0 Å². The number of fused-ring (bicyclic) bond motifs is 14. The van der Waals surface area contributed by atoms with Crippen molar-refractivity contribution in [2.45, 2.75) is 52.4 Å². The average molecular weight is 784 g/mol. The summed E-state index contributed by atoms with van der Waals surface area (Å²) in [6.07, 6.45) is 0. The van der Waals surface area contributed by atoms with Crippen molar-refractivity contribution in [2.75, 3.05) is 0 Å². The molecule has 0 aliphatic rings. The molecule has 0 bridgehead atoms. The molecule has 292 valence electrons. The van der Waals surface area contributed by atoms with Crippen molar-refractivity contribution in [2.24, 2.45) is 0 Å². The van der Waals surface area contributed by atoms with E-state index in [9.17, 15) is 0 Å². The number of rotatable bonds is 2. The number of hydrogen-bond acceptors (Lipinski definition) is 0. The zero-order valence-corrected chi connectivity index (χ0v) is 35.4. The molecule has 0 amide bonds. The fourth-order valence-corrected chi connectivity index (χ4v) is 10.9. The first-order valence-corrected chi connectivity index (χ1v) is 21.7. The fraction of sp³-hybridized carbons (Fsp3) is 0.138. The first-order valence-electron chi connectivity index (χ1n) is 21.7. The van der Waals surface area contributed by atoms with E-state index < -0.39 is 0 Å². The molecule has 4 heterocycles. The Bertz CT molecular complexity index is 3750. The van der Waals surface area contributed by atoms with Gasteiger partial charge in [0.2, 0.25) is 0 Å². The summed E-state index contributed by atoms with van der Waals surface area (Å²) in [6.45, 7) is 13.9. The molecule has 13 aromatic rings. The largest absolute Gasteiger partial charge is 0.308 e. The van der Waals surface area contributed by atoms with Gasteiger partial charge < -0.3 is 13.5 Å². The SMILES string of the molecule is CC(C)(C)c1ccc2c(c1)c1ccccc1n2-c1c2ccccc2cc2c1c1cccc3c4c(-n5c6ccccc6c6cc(C(C)(C)C)ccc65)c5ccccc5cc4n2c13. The molecule has 0 fully saturated rings. The van der Waals surface area contributed by atoms with Crippen LogP contribution in [0.5, 0.6) is 0 Å². The van der Waals surface area contributed by atoms with E-state index in [-0.39, 0.29) is 10.8 Å². The van der Waals surface area contributed by atoms with Crippen LogP contribution in [-0.2, 0) is 10.8 Å². The lowest BCUT2D eigenvalue weighted by atomic mass is 9.86. The Labute approximate surface area is 354 Å². The van der Waals surface area contributed by atoms with Gasteiger partial charge in [-0.05, 0) is 81.3 Å². The summed E-state index contributed by atoms with van der Waals surface area (Å²) in [4.78, 5) is 0. The number of para-hydroxylation sites is 3. The van der Waals surface area contributed by atoms with Crippen LogP contribution in [0.1, 0.15) is 52.7 Å². The van der Waals surface area contributed by atoms with Gasteiger partial charge in [0.15, 0.2) is 0 Å². The van der Waals surface area contributed by atoms with Gasteiger partial charge in [-0.3, -0.25) is 0 Å². The monoisotopic (exact) mass is 783 g/mol. The van der Waals surface area contributed by atoms with Crippen LogP contribution in [0.25, 0.3) is 115 Å². The van der Waals surface area contributed by atoms with Crippen molar-refractivity contribution in [1.82, 2.24) is 13.5 Å². The first-order chi connectivity index (χ1) is 29.6. The minimum Gasteiger partial charge on any atom is -0.308 e. The third-order valence-corrected chi connectivity index (χ3v) is 13.8. The highest BCUT2D eigenvalue weighted by molar-refractivity contribution is 6.31. The molecule has 0 N–H and O–H groups in total. The molecule has 4 aromatic heterocycles. The Morgan fingerprint density at radius 3 is 1.13 bits per heavy atom. The van der Waals surface area contributed by atoms with Gasteiger partial charge >= 0.3 is 0 Å². The van der Waals surface area contributed by atoms with E-state index in [2.05, 4.69) is 219 Å². The molecule has 9 aromatic carbocycles. The van der Waals surface area contributed by atoms with Crippen LogP contribution >= 0.6 is 0 Å². The lowest BCUT2D eigenvalue weighted by molar-refractivity contribution is 0.591. The minimum absolute atomic E-state index is 0.0376. The summed E-state index contributed by atoms with van der Waals surface area (Å²) in [5.41, 5.74) is 13.9. The quantitative estimate of drug-likeness (QED) is 0.166. The summed E-state index contributed by atoms with van der Waals surface area (Å²) in [5, 5.41) is 15.2. The highest BCUT2D eigenvalue weighted by Gasteiger charge is 2.28. The van der Waals surface area contributed by atoms with Crippen molar-refractivity contribution in [3.8, 4) is 11.4 Å². The normalized spacial score (nSPS) is 13.1. The topological polar surface area (TPSA) is 14.3 Å². The number of aromatic nitrogens is 3. The molecule has 0 spiro atoms. The molecule has 0 aliphatic carbocycles. The van der Waals surface area contributed by atoms with Crippen molar-refractivity contribution in [3.05, 3.63) is 175 Å². The van der Waals surface area contributed by atoms with Crippen molar-refractivity contribution >= 4 is 103 Å². The minimum atomic E-state index is 0.0376. The maximum absolute atomic E-state index is 2.60. The Kier molecular flexibility index (Phi) is 6.72. The van der Waals surface area contributed by atoms with Gasteiger partial charge in [0, 0.05) is 53.9 Å². The molecule has 61 heavy (non-hydrogen) atoms. The molecular weight excluding hydrogens is 739 g/mol. The smallest absolute Gasteiger partial charge is 0.0640 e. The van der Waals surface area contributed by atoms with E-state index in [1.54, 1.807) is 0 Å². The van der Waals surface area contributed by atoms with Crippen molar-refractivity contribution in [1.29, 1.82) is 0 Å². The van der Waals surface area contributed by atoms with E-state index in [1.165, 1.54) is 126 Å². The maximum Gasteiger partial charge on any atom is 0.0640 e. The Hall–Kier alpha value is -7.10. The second-order valence-electron chi connectivity index (χ2n) is 19.4. The number of hydrogen-bond donors (Lipinski definition) is 0. The Morgan fingerprint density at radius 1 is 0.311 bits per heavy atom. The molecule has 0 radical (unpaired) electrons. The van der Waals surface area contributed by atoms with Crippen LogP contribution in [0.2, 0.25) is 0 Å². The van der Waals surface area contributed by atoms with Crippen molar-refractivity contribution in [3.63, 3.8) is 0 Å². The lowest BCUT2D eigenvalue weighted by Crippen LogP contribution is -2.10. The molecule has 0 atom stereocenters. The van der Waals surface area contributed by atoms with Crippen LogP contribution in [0.3, 0.4) is 0 Å². The Morgan fingerprint density at radius 2 is 0.689 bits per heavy atom. The highest BCUT2D eigenvalue weighted by Crippen LogP contribution is 2.49. The van der Waals surface area contributed by atoms with E-state index in [0.29, 0.717) is 0 Å². The number of benzene rings is 9. The molecule has 3 nitrogen and oxygen atoms in total. The van der Waals surface area contributed by atoms with E-state index >= 15 is 0 Å². The molecule has 0 saturated heterocycles. The van der Waals surface area contributed by atoms with Gasteiger partial charge in [0.25, 0.3) is 0 Å². The third kappa shape index (κ3) is 4.58. The molecule has 3 heteroatoms. The maximum atomic E-state index is 2.60. The van der Waals surface area contributed by atoms with E-state index in [4.69, 9.17) is 0 Å². The summed E-state index contributed by atoms with van der Waals surface area (Å²) < 4.78 is 7.73. The zero-order chi connectivity index (χ0) is 41.1. The second kappa shape index (κ2) is 11.8. The average Bonchev–Trinajstić information content (AvgIpc) is 3.98. The van der Waals surface area contributed by atoms with Crippen molar-refractivity contribution < 1.29 is 0 Å². The second-order valence-corrected chi connectivity index (χ2v) is 19.4. The lowest BCUT2D eigenvalue weighted by Gasteiger charge is -2.20.